The number of amides is 1. The Morgan fingerprint density at radius 1 is 1.33 bits per heavy atom. The van der Waals surface area contributed by atoms with Crippen molar-refractivity contribution in [3.05, 3.63) is 36.0 Å². The molecule has 2 aromatic rings. The summed E-state index contributed by atoms with van der Waals surface area (Å²) in [7, 11) is 0. The largest absolute Gasteiger partial charge is 0.356 e. The molecule has 0 aliphatic carbocycles. The Morgan fingerprint density at radius 2 is 2.06 bits per heavy atom. The molecule has 0 bridgehead atoms. The maximum Gasteiger partial charge on any atom is 0.216 e. The van der Waals surface area contributed by atoms with E-state index in [0.29, 0.717) is 12.6 Å². The number of nitrogens with zero attached hydrogens (tertiary/aromatic N) is 1. The molecular weight excluding hydrogens is 224 g/mol. The summed E-state index contributed by atoms with van der Waals surface area (Å²) in [5, 5.41) is 4.14. The van der Waals surface area contributed by atoms with E-state index in [9.17, 15) is 4.79 Å². The Hall–Kier alpha value is -1.77. The van der Waals surface area contributed by atoms with Crippen LogP contribution in [0.2, 0.25) is 0 Å². The molecule has 0 aliphatic rings. The fourth-order valence-corrected chi connectivity index (χ4v) is 2.28. The Bertz CT molecular complexity index is 555. The number of benzene rings is 1. The van der Waals surface area contributed by atoms with Crippen molar-refractivity contribution in [1.82, 2.24) is 9.88 Å². The highest BCUT2D eigenvalue weighted by Crippen LogP contribution is 2.24. The van der Waals surface area contributed by atoms with Crippen molar-refractivity contribution in [2.45, 2.75) is 33.2 Å². The number of fused-ring (bicyclic) bond motifs is 1. The summed E-state index contributed by atoms with van der Waals surface area (Å²) in [4.78, 5) is 10.9. The lowest BCUT2D eigenvalue weighted by Crippen LogP contribution is -2.22. The van der Waals surface area contributed by atoms with Gasteiger partial charge in [-0.05, 0) is 31.9 Å². The van der Waals surface area contributed by atoms with Gasteiger partial charge in [-0.15, -0.1) is 0 Å². The maximum absolute atomic E-state index is 10.9. The molecule has 1 heterocycles. The molecule has 1 aromatic carbocycles. The molecule has 96 valence electrons. The summed E-state index contributed by atoms with van der Waals surface area (Å²) in [5.41, 5.74) is 2.57. The second-order valence-electron chi connectivity index (χ2n) is 4.91. The summed E-state index contributed by atoms with van der Waals surface area (Å²) in [6, 6.07) is 8.88. The van der Waals surface area contributed by atoms with Crippen LogP contribution in [-0.4, -0.2) is 17.0 Å². The third kappa shape index (κ3) is 2.55. The van der Waals surface area contributed by atoms with E-state index >= 15 is 0 Å². The van der Waals surface area contributed by atoms with Crippen LogP contribution in [0.3, 0.4) is 0 Å². The topological polar surface area (TPSA) is 34.0 Å². The normalized spacial score (nSPS) is 11.1. The molecule has 0 aliphatic heterocycles. The van der Waals surface area contributed by atoms with Gasteiger partial charge in [-0.2, -0.15) is 0 Å². The van der Waals surface area contributed by atoms with E-state index in [-0.39, 0.29) is 5.91 Å². The fraction of sp³-hybridized carbons (Fsp3) is 0.400. The predicted octanol–water partition coefficient (Wildman–Crippen LogP) is 2.90. The van der Waals surface area contributed by atoms with Gasteiger partial charge in [-0.25, -0.2) is 0 Å². The van der Waals surface area contributed by atoms with Crippen LogP contribution in [0, 0.1) is 0 Å². The molecular formula is C15H20N2O. The molecule has 0 saturated carbocycles. The Labute approximate surface area is 108 Å². The molecule has 0 fully saturated rings. The first-order valence-electron chi connectivity index (χ1n) is 6.42. The van der Waals surface area contributed by atoms with Gasteiger partial charge >= 0.3 is 0 Å². The van der Waals surface area contributed by atoms with Crippen molar-refractivity contribution in [1.29, 1.82) is 0 Å². The molecule has 0 atom stereocenters. The summed E-state index contributed by atoms with van der Waals surface area (Å²) in [6.45, 7) is 6.62. The number of para-hydroxylation sites is 1. The van der Waals surface area contributed by atoms with Crippen LogP contribution in [0.5, 0.6) is 0 Å². The highest BCUT2D eigenvalue weighted by Gasteiger charge is 2.09. The third-order valence-electron chi connectivity index (χ3n) is 3.15. The zero-order chi connectivity index (χ0) is 13.1. The number of carbonyl (C=O) groups is 1. The smallest absolute Gasteiger partial charge is 0.216 e. The standard InChI is InChI=1S/C15H20N2O/c1-11(2)17-10-13(8-9-16-12(3)18)14-6-4-5-7-15(14)17/h4-7,10-11H,8-9H2,1-3H3,(H,16,18). The first-order chi connectivity index (χ1) is 8.59. The molecule has 1 aromatic heterocycles. The minimum Gasteiger partial charge on any atom is -0.356 e. The number of nitrogens with one attached hydrogen (secondary N) is 1. The molecule has 0 unspecified atom stereocenters. The molecule has 3 heteroatoms. The number of aromatic nitrogens is 1. The number of hydrogen-bond donors (Lipinski definition) is 1. The van der Waals surface area contributed by atoms with Gasteiger partial charge in [-0.3, -0.25) is 4.79 Å². The summed E-state index contributed by atoms with van der Waals surface area (Å²) in [6.07, 6.45) is 3.08. The van der Waals surface area contributed by atoms with Crippen LogP contribution in [0.15, 0.2) is 30.5 Å². The molecule has 18 heavy (non-hydrogen) atoms. The summed E-state index contributed by atoms with van der Waals surface area (Å²) < 4.78 is 2.29. The van der Waals surface area contributed by atoms with E-state index in [1.807, 2.05) is 0 Å². The average molecular weight is 244 g/mol. The van der Waals surface area contributed by atoms with Crippen molar-refractivity contribution >= 4 is 16.8 Å². The summed E-state index contributed by atoms with van der Waals surface area (Å²) >= 11 is 0. The van der Waals surface area contributed by atoms with Gasteiger partial charge in [0, 0.05) is 36.6 Å². The quantitative estimate of drug-likeness (QED) is 0.881. The van der Waals surface area contributed by atoms with Gasteiger partial charge in [0.1, 0.15) is 0 Å². The first kappa shape index (κ1) is 12.7. The molecule has 1 N–H and O–H groups in total. The van der Waals surface area contributed by atoms with Crippen LogP contribution in [0.25, 0.3) is 10.9 Å². The van der Waals surface area contributed by atoms with Crippen molar-refractivity contribution < 1.29 is 4.79 Å². The van der Waals surface area contributed by atoms with Gasteiger partial charge in [0.05, 0.1) is 0 Å². The third-order valence-corrected chi connectivity index (χ3v) is 3.15. The van der Waals surface area contributed by atoms with E-state index < -0.39 is 0 Å². The predicted molar refractivity (Wildman–Crippen MR) is 74.7 cm³/mol. The number of hydrogen-bond acceptors (Lipinski definition) is 1. The van der Waals surface area contributed by atoms with E-state index in [1.165, 1.54) is 16.5 Å². The van der Waals surface area contributed by atoms with E-state index in [0.717, 1.165) is 6.42 Å². The van der Waals surface area contributed by atoms with E-state index in [2.05, 4.69) is 54.2 Å². The zero-order valence-electron chi connectivity index (χ0n) is 11.2. The van der Waals surface area contributed by atoms with E-state index in [1.54, 1.807) is 6.92 Å². The van der Waals surface area contributed by atoms with Gasteiger partial charge < -0.3 is 9.88 Å². The lowest BCUT2D eigenvalue weighted by Gasteiger charge is -2.08. The van der Waals surface area contributed by atoms with Crippen LogP contribution in [-0.2, 0) is 11.2 Å². The number of rotatable bonds is 4. The SMILES string of the molecule is CC(=O)NCCc1cn(C(C)C)c2ccccc12. The Morgan fingerprint density at radius 3 is 2.72 bits per heavy atom. The van der Waals surface area contributed by atoms with Crippen molar-refractivity contribution in [2.24, 2.45) is 0 Å². The summed E-state index contributed by atoms with van der Waals surface area (Å²) in [5.74, 6) is 0.0302. The highest BCUT2D eigenvalue weighted by atomic mass is 16.1. The zero-order valence-corrected chi connectivity index (χ0v) is 11.2. The monoisotopic (exact) mass is 244 g/mol. The van der Waals surface area contributed by atoms with E-state index in [4.69, 9.17) is 0 Å². The number of carbonyl (C=O) groups excluding carboxylic acids is 1. The molecule has 0 spiro atoms. The lowest BCUT2D eigenvalue weighted by molar-refractivity contribution is -0.118. The maximum atomic E-state index is 10.9. The average Bonchev–Trinajstić information content (AvgIpc) is 2.68. The van der Waals surface area contributed by atoms with Crippen LogP contribution < -0.4 is 5.32 Å². The minimum absolute atomic E-state index is 0.0302. The van der Waals surface area contributed by atoms with Crippen molar-refractivity contribution in [2.75, 3.05) is 6.54 Å². The van der Waals surface area contributed by atoms with Crippen LogP contribution >= 0.6 is 0 Å². The molecule has 0 saturated heterocycles. The molecule has 0 radical (unpaired) electrons. The minimum atomic E-state index is 0.0302. The van der Waals surface area contributed by atoms with Gasteiger partial charge in [0.2, 0.25) is 5.91 Å². The Balaban J connectivity index is 2.30. The van der Waals surface area contributed by atoms with Gasteiger partial charge in [0.15, 0.2) is 0 Å². The van der Waals surface area contributed by atoms with Crippen molar-refractivity contribution in [3.63, 3.8) is 0 Å². The lowest BCUT2D eigenvalue weighted by atomic mass is 10.1. The second kappa shape index (κ2) is 5.25. The van der Waals surface area contributed by atoms with Gasteiger partial charge in [0.25, 0.3) is 0 Å². The Kier molecular flexibility index (Phi) is 3.70. The highest BCUT2D eigenvalue weighted by molar-refractivity contribution is 5.84. The van der Waals surface area contributed by atoms with Crippen LogP contribution in [0.4, 0.5) is 0 Å². The van der Waals surface area contributed by atoms with Crippen LogP contribution in [0.1, 0.15) is 32.4 Å². The molecule has 3 nitrogen and oxygen atoms in total. The first-order valence-corrected chi connectivity index (χ1v) is 6.42. The van der Waals surface area contributed by atoms with Gasteiger partial charge in [-0.1, -0.05) is 18.2 Å². The molecule has 2 rings (SSSR count). The fourth-order valence-electron chi connectivity index (χ4n) is 2.28. The second-order valence-corrected chi connectivity index (χ2v) is 4.91. The molecule has 1 amide bonds. The van der Waals surface area contributed by atoms with Crippen molar-refractivity contribution in [3.8, 4) is 0 Å².